The second-order valence-corrected chi connectivity index (χ2v) is 4.77. The number of hydrogen-bond acceptors (Lipinski definition) is 5. The van der Waals surface area contributed by atoms with Gasteiger partial charge in [-0.05, 0) is 32.2 Å². The molecule has 1 atom stereocenters. The van der Waals surface area contributed by atoms with Crippen molar-refractivity contribution in [1.29, 1.82) is 0 Å². The van der Waals surface area contributed by atoms with Gasteiger partial charge in [0.1, 0.15) is 0 Å². The molecule has 1 amide bonds. The summed E-state index contributed by atoms with van der Waals surface area (Å²) in [6, 6.07) is 0. The average Bonchev–Trinajstić information content (AvgIpc) is 2.48. The number of aromatic nitrogens is 3. The van der Waals surface area contributed by atoms with Crippen LogP contribution in [0.25, 0.3) is 0 Å². The molecule has 1 aliphatic rings. The molecule has 2 heterocycles. The van der Waals surface area contributed by atoms with Crippen LogP contribution in [0.5, 0.6) is 0 Å². The van der Waals surface area contributed by atoms with Gasteiger partial charge in [0.25, 0.3) is 0 Å². The highest BCUT2D eigenvalue weighted by Gasteiger charge is 2.21. The Labute approximate surface area is 113 Å². The van der Waals surface area contributed by atoms with Crippen molar-refractivity contribution in [3.05, 3.63) is 11.4 Å². The highest BCUT2D eigenvalue weighted by molar-refractivity contribution is 5.91. The lowest BCUT2D eigenvalue weighted by Crippen LogP contribution is -2.37. The van der Waals surface area contributed by atoms with Gasteiger partial charge in [0.15, 0.2) is 0 Å². The molecule has 1 aromatic rings. The fourth-order valence-electron chi connectivity index (χ4n) is 2.28. The third-order valence-corrected chi connectivity index (χ3v) is 3.41. The summed E-state index contributed by atoms with van der Waals surface area (Å²) in [5.74, 6) is 0.318. The summed E-state index contributed by atoms with van der Waals surface area (Å²) >= 11 is 0. The van der Waals surface area contributed by atoms with Crippen LogP contribution in [0.3, 0.4) is 0 Å². The molecular formula is C13H21N5O. The molecule has 1 saturated heterocycles. The van der Waals surface area contributed by atoms with E-state index in [1.807, 2.05) is 13.8 Å². The monoisotopic (exact) mass is 263 g/mol. The first-order chi connectivity index (χ1) is 9.24. The Morgan fingerprint density at radius 2 is 2.11 bits per heavy atom. The first-order valence-electron chi connectivity index (χ1n) is 6.98. The predicted molar refractivity (Wildman–Crippen MR) is 72.8 cm³/mol. The summed E-state index contributed by atoms with van der Waals surface area (Å²) < 4.78 is 0. The van der Waals surface area contributed by atoms with Gasteiger partial charge >= 0.3 is 0 Å². The van der Waals surface area contributed by atoms with E-state index in [4.69, 9.17) is 0 Å². The molecule has 1 aliphatic heterocycles. The summed E-state index contributed by atoms with van der Waals surface area (Å²) in [5.41, 5.74) is 1.81. The average molecular weight is 263 g/mol. The lowest BCUT2D eigenvalue weighted by molar-refractivity contribution is -0.120. The van der Waals surface area contributed by atoms with Gasteiger partial charge in [0, 0.05) is 6.54 Å². The second-order valence-electron chi connectivity index (χ2n) is 4.77. The zero-order valence-electron chi connectivity index (χ0n) is 11.6. The lowest BCUT2D eigenvalue weighted by atomic mass is 9.99. The SMILES string of the molecule is CCc1nnc(NC(=O)[C@H]2CCCNC2)nc1CC. The number of carbonyl (C=O) groups is 1. The summed E-state index contributed by atoms with van der Waals surface area (Å²) in [6.45, 7) is 5.77. The zero-order valence-corrected chi connectivity index (χ0v) is 11.6. The molecule has 104 valence electrons. The van der Waals surface area contributed by atoms with Gasteiger partial charge < -0.3 is 5.32 Å². The number of anilines is 1. The molecule has 1 aromatic heterocycles. The lowest BCUT2D eigenvalue weighted by Gasteiger charge is -2.21. The van der Waals surface area contributed by atoms with Crippen LogP contribution in [0.2, 0.25) is 0 Å². The van der Waals surface area contributed by atoms with Gasteiger partial charge in [-0.3, -0.25) is 10.1 Å². The van der Waals surface area contributed by atoms with E-state index in [1.54, 1.807) is 0 Å². The quantitative estimate of drug-likeness (QED) is 0.845. The minimum absolute atomic E-state index is 0.00767. The van der Waals surface area contributed by atoms with Crippen LogP contribution in [0.4, 0.5) is 5.95 Å². The van der Waals surface area contributed by atoms with Crippen LogP contribution in [0, 0.1) is 5.92 Å². The maximum atomic E-state index is 12.1. The Morgan fingerprint density at radius 1 is 1.32 bits per heavy atom. The first kappa shape index (κ1) is 13.9. The van der Waals surface area contributed by atoms with Gasteiger partial charge in [0.2, 0.25) is 11.9 Å². The fourth-order valence-corrected chi connectivity index (χ4v) is 2.28. The Bertz CT molecular complexity index is 443. The van der Waals surface area contributed by atoms with Crippen LogP contribution >= 0.6 is 0 Å². The highest BCUT2D eigenvalue weighted by Crippen LogP contribution is 2.13. The number of aryl methyl sites for hydroxylation is 2. The van der Waals surface area contributed by atoms with Gasteiger partial charge in [-0.15, -0.1) is 10.2 Å². The standard InChI is InChI=1S/C13H21N5O/c1-3-10-11(4-2)17-18-13(15-10)16-12(19)9-6-5-7-14-8-9/h9,14H,3-8H2,1-2H3,(H,15,16,18,19)/t9-/m0/s1. The minimum atomic E-state index is -0.0136. The molecule has 2 rings (SSSR count). The molecule has 0 spiro atoms. The number of nitrogens with zero attached hydrogens (tertiary/aromatic N) is 3. The molecule has 0 unspecified atom stereocenters. The van der Waals surface area contributed by atoms with Crippen molar-refractivity contribution in [2.24, 2.45) is 5.92 Å². The van der Waals surface area contributed by atoms with E-state index in [2.05, 4.69) is 25.8 Å². The molecular weight excluding hydrogens is 242 g/mol. The summed E-state index contributed by atoms with van der Waals surface area (Å²) in [5, 5.41) is 14.1. The van der Waals surface area contributed by atoms with E-state index in [0.29, 0.717) is 5.95 Å². The first-order valence-corrected chi connectivity index (χ1v) is 6.98. The molecule has 6 heteroatoms. The van der Waals surface area contributed by atoms with Crippen molar-refractivity contribution in [1.82, 2.24) is 20.5 Å². The van der Waals surface area contributed by atoms with Crippen LogP contribution in [0.1, 0.15) is 38.1 Å². The Balaban J connectivity index is 2.03. The van der Waals surface area contributed by atoms with E-state index in [0.717, 1.165) is 50.2 Å². The molecule has 0 bridgehead atoms. The summed E-state index contributed by atoms with van der Waals surface area (Å²) in [6.07, 6.45) is 3.56. The van der Waals surface area contributed by atoms with Crippen molar-refractivity contribution in [3.63, 3.8) is 0 Å². The second kappa shape index (κ2) is 6.56. The van der Waals surface area contributed by atoms with Crippen molar-refractivity contribution < 1.29 is 4.79 Å². The Morgan fingerprint density at radius 3 is 2.74 bits per heavy atom. The third-order valence-electron chi connectivity index (χ3n) is 3.41. The van der Waals surface area contributed by atoms with E-state index in [1.165, 1.54) is 0 Å². The van der Waals surface area contributed by atoms with E-state index in [-0.39, 0.29) is 11.8 Å². The normalized spacial score (nSPS) is 19.2. The Hall–Kier alpha value is -1.56. The molecule has 19 heavy (non-hydrogen) atoms. The molecule has 0 aromatic carbocycles. The van der Waals surface area contributed by atoms with Gasteiger partial charge in [-0.1, -0.05) is 13.8 Å². The van der Waals surface area contributed by atoms with Crippen molar-refractivity contribution >= 4 is 11.9 Å². The maximum absolute atomic E-state index is 12.1. The molecule has 0 radical (unpaired) electrons. The van der Waals surface area contributed by atoms with Gasteiger partial charge in [-0.2, -0.15) is 0 Å². The zero-order chi connectivity index (χ0) is 13.7. The number of nitrogens with one attached hydrogen (secondary N) is 2. The van der Waals surface area contributed by atoms with Crippen LogP contribution in [-0.4, -0.2) is 34.2 Å². The summed E-state index contributed by atoms with van der Waals surface area (Å²) in [4.78, 5) is 16.4. The van der Waals surface area contributed by atoms with E-state index < -0.39 is 0 Å². The third kappa shape index (κ3) is 3.47. The molecule has 2 N–H and O–H groups in total. The minimum Gasteiger partial charge on any atom is -0.316 e. The Kier molecular flexibility index (Phi) is 4.79. The number of carbonyl (C=O) groups excluding carboxylic acids is 1. The number of hydrogen-bond donors (Lipinski definition) is 2. The maximum Gasteiger partial charge on any atom is 0.249 e. The van der Waals surface area contributed by atoms with Crippen LogP contribution in [-0.2, 0) is 17.6 Å². The van der Waals surface area contributed by atoms with Crippen LogP contribution in [0.15, 0.2) is 0 Å². The van der Waals surface area contributed by atoms with Crippen molar-refractivity contribution in [3.8, 4) is 0 Å². The summed E-state index contributed by atoms with van der Waals surface area (Å²) in [7, 11) is 0. The van der Waals surface area contributed by atoms with Gasteiger partial charge in [0.05, 0.1) is 17.3 Å². The highest BCUT2D eigenvalue weighted by atomic mass is 16.2. The number of piperidine rings is 1. The number of rotatable bonds is 4. The van der Waals surface area contributed by atoms with Gasteiger partial charge in [-0.25, -0.2) is 4.98 Å². The van der Waals surface area contributed by atoms with E-state index in [9.17, 15) is 4.79 Å². The molecule has 1 fully saturated rings. The largest absolute Gasteiger partial charge is 0.316 e. The van der Waals surface area contributed by atoms with Crippen molar-refractivity contribution in [2.45, 2.75) is 39.5 Å². The smallest absolute Gasteiger partial charge is 0.249 e. The topological polar surface area (TPSA) is 79.8 Å². The molecule has 0 saturated carbocycles. The molecule has 6 nitrogen and oxygen atoms in total. The predicted octanol–water partition coefficient (Wildman–Crippen LogP) is 0.934. The van der Waals surface area contributed by atoms with E-state index >= 15 is 0 Å². The molecule has 0 aliphatic carbocycles. The fraction of sp³-hybridized carbons (Fsp3) is 0.692. The van der Waals surface area contributed by atoms with Crippen molar-refractivity contribution in [2.75, 3.05) is 18.4 Å². The van der Waals surface area contributed by atoms with Crippen LogP contribution < -0.4 is 10.6 Å². The number of amides is 1.